The predicted octanol–water partition coefficient (Wildman–Crippen LogP) is 2.60. The van der Waals surface area contributed by atoms with E-state index in [1.54, 1.807) is 0 Å². The molecule has 18 heavy (non-hydrogen) atoms. The van der Waals surface area contributed by atoms with Crippen molar-refractivity contribution in [2.45, 2.75) is 4.90 Å². The third kappa shape index (κ3) is 4.36. The molecule has 0 amide bonds. The van der Waals surface area contributed by atoms with Crippen LogP contribution in [0.2, 0.25) is 10.0 Å². The van der Waals surface area contributed by atoms with Crippen LogP contribution in [0.1, 0.15) is 0 Å². The average molecular weight is 376 g/mol. The highest BCUT2D eigenvalue weighted by Gasteiger charge is 2.21. The van der Waals surface area contributed by atoms with Gasteiger partial charge in [-0.3, -0.25) is 0 Å². The molecule has 0 aliphatic heterocycles. The van der Waals surface area contributed by atoms with Gasteiger partial charge in [0.05, 0.1) is 10.0 Å². The van der Waals surface area contributed by atoms with Crippen LogP contribution >= 0.6 is 39.1 Å². The minimum atomic E-state index is -3.70. The lowest BCUT2D eigenvalue weighted by Gasteiger charge is -2.13. The number of halogens is 3. The van der Waals surface area contributed by atoms with Crippen molar-refractivity contribution in [2.75, 3.05) is 27.2 Å². The third-order valence-electron chi connectivity index (χ3n) is 2.08. The molecule has 0 aromatic heterocycles. The summed E-state index contributed by atoms with van der Waals surface area (Å²) in [6, 6.07) is 2.99. The lowest BCUT2D eigenvalue weighted by Crippen LogP contribution is -2.31. The lowest BCUT2D eigenvalue weighted by atomic mass is 10.4. The Morgan fingerprint density at radius 3 is 2.22 bits per heavy atom. The van der Waals surface area contributed by atoms with E-state index in [2.05, 4.69) is 20.7 Å². The smallest absolute Gasteiger partial charge is 0.243 e. The van der Waals surface area contributed by atoms with Crippen LogP contribution in [0, 0.1) is 0 Å². The molecule has 1 aromatic rings. The van der Waals surface area contributed by atoms with Gasteiger partial charge in [0.15, 0.2) is 0 Å². The van der Waals surface area contributed by atoms with Gasteiger partial charge in [0.25, 0.3) is 0 Å². The number of benzene rings is 1. The maximum Gasteiger partial charge on any atom is 0.243 e. The molecular formula is C10H13BrCl2N2O2S. The first kappa shape index (κ1) is 16.2. The van der Waals surface area contributed by atoms with Crippen LogP contribution in [-0.4, -0.2) is 40.5 Å². The highest BCUT2D eigenvalue weighted by Crippen LogP contribution is 2.32. The van der Waals surface area contributed by atoms with E-state index in [0.717, 1.165) is 0 Å². The summed E-state index contributed by atoms with van der Waals surface area (Å²) in [5, 5.41) is 0.179. The van der Waals surface area contributed by atoms with Crippen molar-refractivity contribution in [3.05, 3.63) is 26.7 Å². The van der Waals surface area contributed by atoms with Crippen molar-refractivity contribution < 1.29 is 8.42 Å². The summed E-state index contributed by atoms with van der Waals surface area (Å²) in [5.74, 6) is 0. The Bertz CT molecular complexity index is 512. The first-order valence-electron chi connectivity index (χ1n) is 5.03. The van der Waals surface area contributed by atoms with Crippen LogP contribution in [0.25, 0.3) is 0 Å². The minimum Gasteiger partial charge on any atom is -0.308 e. The standard InChI is InChI=1S/C10H13BrCl2N2O2S/c1-15(2)4-3-14-18(16,17)10-8(12)5-7(11)6-9(10)13/h5-6,14H,3-4H2,1-2H3. The summed E-state index contributed by atoms with van der Waals surface area (Å²) in [6.45, 7) is 0.878. The SMILES string of the molecule is CN(C)CCNS(=O)(=O)c1c(Cl)cc(Br)cc1Cl. The molecule has 0 heterocycles. The largest absolute Gasteiger partial charge is 0.308 e. The monoisotopic (exact) mass is 374 g/mol. The van der Waals surface area contributed by atoms with Crippen molar-refractivity contribution >= 4 is 49.2 Å². The van der Waals surface area contributed by atoms with Crippen LogP contribution in [-0.2, 0) is 10.0 Å². The van der Waals surface area contributed by atoms with E-state index in [-0.39, 0.29) is 21.5 Å². The molecule has 102 valence electrons. The van der Waals surface area contributed by atoms with Gasteiger partial charge in [0.1, 0.15) is 4.90 Å². The topological polar surface area (TPSA) is 49.4 Å². The van der Waals surface area contributed by atoms with Gasteiger partial charge in [-0.25, -0.2) is 13.1 Å². The third-order valence-corrected chi connectivity index (χ3v) is 4.92. The fourth-order valence-corrected chi connectivity index (χ4v) is 4.22. The van der Waals surface area contributed by atoms with Crippen LogP contribution in [0.4, 0.5) is 0 Å². The first-order valence-corrected chi connectivity index (χ1v) is 8.06. The number of sulfonamides is 1. The molecule has 0 aliphatic rings. The van der Waals surface area contributed by atoms with E-state index < -0.39 is 10.0 Å². The highest BCUT2D eigenvalue weighted by molar-refractivity contribution is 9.10. The molecule has 0 saturated heterocycles. The number of nitrogens with one attached hydrogen (secondary N) is 1. The van der Waals surface area contributed by atoms with Gasteiger partial charge in [0.2, 0.25) is 10.0 Å². The van der Waals surface area contributed by atoms with Crippen molar-refractivity contribution in [2.24, 2.45) is 0 Å². The van der Waals surface area contributed by atoms with Crippen LogP contribution in [0.3, 0.4) is 0 Å². The summed E-state index contributed by atoms with van der Waals surface area (Å²) < 4.78 is 27.2. The fraction of sp³-hybridized carbons (Fsp3) is 0.400. The molecule has 4 nitrogen and oxygen atoms in total. The Kier molecular flexibility index (Phi) is 5.89. The summed E-state index contributed by atoms with van der Waals surface area (Å²) in [6.07, 6.45) is 0. The zero-order valence-electron chi connectivity index (χ0n) is 9.87. The number of likely N-dealkylation sites (N-methyl/N-ethyl adjacent to an activating group) is 1. The van der Waals surface area contributed by atoms with Crippen molar-refractivity contribution in [1.82, 2.24) is 9.62 Å². The van der Waals surface area contributed by atoms with Crippen LogP contribution < -0.4 is 4.72 Å². The Morgan fingerprint density at radius 1 is 1.28 bits per heavy atom. The minimum absolute atomic E-state index is 0.0896. The van der Waals surface area contributed by atoms with Gasteiger partial charge in [-0.2, -0.15) is 0 Å². The van der Waals surface area contributed by atoms with Gasteiger partial charge in [-0.15, -0.1) is 0 Å². The van der Waals surface area contributed by atoms with E-state index in [4.69, 9.17) is 23.2 Å². The predicted molar refractivity (Wildman–Crippen MR) is 77.9 cm³/mol. The Morgan fingerprint density at radius 2 is 1.78 bits per heavy atom. The van der Waals surface area contributed by atoms with E-state index in [9.17, 15) is 8.42 Å². The molecule has 0 radical (unpaired) electrons. The maximum atomic E-state index is 12.1. The highest BCUT2D eigenvalue weighted by atomic mass is 79.9. The summed E-state index contributed by atoms with van der Waals surface area (Å²) in [5.41, 5.74) is 0. The van der Waals surface area contributed by atoms with Gasteiger partial charge in [0, 0.05) is 17.6 Å². The van der Waals surface area contributed by atoms with E-state index in [1.165, 1.54) is 12.1 Å². The molecule has 0 unspecified atom stereocenters. The molecule has 8 heteroatoms. The van der Waals surface area contributed by atoms with E-state index in [1.807, 2.05) is 19.0 Å². The van der Waals surface area contributed by atoms with Crippen molar-refractivity contribution in [3.63, 3.8) is 0 Å². The zero-order valence-corrected chi connectivity index (χ0v) is 13.8. The molecule has 0 atom stereocenters. The van der Waals surface area contributed by atoms with Crippen molar-refractivity contribution in [1.29, 1.82) is 0 Å². The van der Waals surface area contributed by atoms with Gasteiger partial charge in [-0.05, 0) is 26.2 Å². The molecule has 0 spiro atoms. The number of rotatable bonds is 5. The van der Waals surface area contributed by atoms with E-state index in [0.29, 0.717) is 11.0 Å². The molecule has 0 saturated carbocycles. The van der Waals surface area contributed by atoms with Gasteiger partial charge >= 0.3 is 0 Å². The molecule has 0 bridgehead atoms. The van der Waals surface area contributed by atoms with Gasteiger partial charge < -0.3 is 4.90 Å². The quantitative estimate of drug-likeness (QED) is 0.860. The van der Waals surface area contributed by atoms with Crippen LogP contribution in [0.15, 0.2) is 21.5 Å². The molecule has 1 rings (SSSR count). The normalized spacial score (nSPS) is 12.1. The maximum absolute atomic E-state index is 12.1. The Labute approximate surface area is 125 Å². The average Bonchev–Trinajstić information content (AvgIpc) is 2.13. The summed E-state index contributed by atoms with van der Waals surface area (Å²) >= 11 is 15.0. The Hall–Kier alpha value is 0.150. The van der Waals surface area contributed by atoms with E-state index >= 15 is 0 Å². The molecule has 0 aliphatic carbocycles. The summed E-state index contributed by atoms with van der Waals surface area (Å²) in [7, 11) is 0.0146. The second kappa shape index (κ2) is 6.54. The first-order chi connectivity index (χ1) is 8.24. The molecular weight excluding hydrogens is 363 g/mol. The van der Waals surface area contributed by atoms with Gasteiger partial charge in [-0.1, -0.05) is 39.1 Å². The van der Waals surface area contributed by atoms with Crippen LogP contribution in [0.5, 0.6) is 0 Å². The van der Waals surface area contributed by atoms with Crippen molar-refractivity contribution in [3.8, 4) is 0 Å². The fourth-order valence-electron chi connectivity index (χ4n) is 1.26. The summed E-state index contributed by atoms with van der Waals surface area (Å²) in [4.78, 5) is 1.78. The molecule has 1 aromatic carbocycles. The second-order valence-corrected chi connectivity index (χ2v) is 7.33. The number of nitrogens with zero attached hydrogens (tertiary/aromatic N) is 1. The molecule has 1 N–H and O–H groups in total. The number of hydrogen-bond donors (Lipinski definition) is 1. The number of hydrogen-bond acceptors (Lipinski definition) is 3. The zero-order chi connectivity index (χ0) is 13.9. The Balaban J connectivity index is 2.99. The lowest BCUT2D eigenvalue weighted by molar-refractivity contribution is 0.412. The second-order valence-electron chi connectivity index (χ2n) is 3.90. The molecule has 0 fully saturated rings.